The molecule has 6 heteroatoms. The Balaban J connectivity index is 1.37. The zero-order chi connectivity index (χ0) is 23.1. The molecule has 0 bridgehead atoms. The lowest BCUT2D eigenvalue weighted by Crippen LogP contribution is -2.03. The van der Waals surface area contributed by atoms with E-state index >= 15 is 0 Å². The lowest BCUT2D eigenvalue weighted by Gasteiger charge is -2.11. The van der Waals surface area contributed by atoms with E-state index in [1.807, 2.05) is 86.2 Å². The largest absolute Gasteiger partial charge is 0.489 e. The number of nitrogens with zero attached hydrogens (tertiary/aromatic N) is 4. The second-order valence-corrected chi connectivity index (χ2v) is 8.32. The number of aryl methyl sites for hydroxylation is 1. The van der Waals surface area contributed by atoms with E-state index in [1.165, 1.54) is 0 Å². The summed E-state index contributed by atoms with van der Waals surface area (Å²) in [4.78, 5) is 4.76. The highest BCUT2D eigenvalue weighted by Crippen LogP contribution is 2.35. The maximum atomic E-state index is 6.59. The Hall–Kier alpha value is -4.58. The Morgan fingerprint density at radius 2 is 1.68 bits per heavy atom. The molecule has 0 aliphatic heterocycles. The third-order valence-electron chi connectivity index (χ3n) is 6.14. The van der Waals surface area contributed by atoms with Crippen LogP contribution in [-0.2, 0) is 13.7 Å². The van der Waals surface area contributed by atoms with Gasteiger partial charge in [0.2, 0.25) is 0 Å². The van der Waals surface area contributed by atoms with Crippen molar-refractivity contribution < 1.29 is 4.74 Å². The first-order valence-corrected chi connectivity index (χ1v) is 11.1. The lowest BCUT2D eigenvalue weighted by molar-refractivity contribution is 0.306. The van der Waals surface area contributed by atoms with Crippen LogP contribution >= 0.6 is 0 Å². The summed E-state index contributed by atoms with van der Waals surface area (Å²) in [6.07, 6.45) is 5.77. The van der Waals surface area contributed by atoms with Crippen molar-refractivity contribution in [3.05, 3.63) is 103 Å². The average molecular weight is 446 g/mol. The number of hydrogen-bond donors (Lipinski definition) is 1. The maximum Gasteiger partial charge on any atom is 0.165 e. The van der Waals surface area contributed by atoms with Gasteiger partial charge in [-0.05, 0) is 29.3 Å². The average Bonchev–Trinajstić information content (AvgIpc) is 3.45. The summed E-state index contributed by atoms with van der Waals surface area (Å²) in [5.74, 6) is 1.31. The molecule has 166 valence electrons. The molecule has 3 aromatic carbocycles. The molecule has 3 aromatic heterocycles. The van der Waals surface area contributed by atoms with Gasteiger partial charge < -0.3 is 15.0 Å². The molecule has 2 N–H and O–H groups in total. The molecule has 6 aromatic rings. The summed E-state index contributed by atoms with van der Waals surface area (Å²) in [5.41, 5.74) is 13.4. The SMILES string of the molecule is Cn1cc(-c2cnn3c(N)c(-c4cccc(OCc5ccccc5)c4)cnc23)c2ccccc21. The summed E-state index contributed by atoms with van der Waals surface area (Å²) in [6, 6.07) is 26.3. The predicted octanol–water partition coefficient (Wildman–Crippen LogP) is 5.72. The van der Waals surface area contributed by atoms with Gasteiger partial charge in [0.1, 0.15) is 18.2 Å². The monoisotopic (exact) mass is 445 g/mol. The van der Waals surface area contributed by atoms with E-state index in [4.69, 9.17) is 15.5 Å². The second-order valence-electron chi connectivity index (χ2n) is 8.32. The standard InChI is InChI=1S/C28H23N5O/c1-32-17-25(22-12-5-6-13-26(22)32)24-16-31-33-27(29)23(15-30-28(24)33)20-10-7-11-21(14-20)34-18-19-8-3-2-4-9-19/h2-17H,18,29H2,1H3. The summed E-state index contributed by atoms with van der Waals surface area (Å²) >= 11 is 0. The Kier molecular flexibility index (Phi) is 4.77. The van der Waals surface area contributed by atoms with Crippen LogP contribution in [0.3, 0.4) is 0 Å². The van der Waals surface area contributed by atoms with Crippen molar-refractivity contribution in [2.24, 2.45) is 7.05 Å². The molecule has 0 aliphatic rings. The topological polar surface area (TPSA) is 70.4 Å². The number of rotatable bonds is 5. The molecule has 0 radical (unpaired) electrons. The summed E-state index contributed by atoms with van der Waals surface area (Å²) in [5, 5.41) is 5.74. The van der Waals surface area contributed by atoms with E-state index in [0.717, 1.165) is 50.1 Å². The minimum atomic E-state index is 0.505. The van der Waals surface area contributed by atoms with Gasteiger partial charge in [0.25, 0.3) is 0 Å². The first kappa shape index (κ1) is 20.1. The van der Waals surface area contributed by atoms with Crippen LogP contribution in [0, 0.1) is 0 Å². The number of nitrogens with two attached hydrogens (primary N) is 1. The van der Waals surface area contributed by atoms with E-state index in [0.29, 0.717) is 12.4 Å². The van der Waals surface area contributed by atoms with E-state index < -0.39 is 0 Å². The van der Waals surface area contributed by atoms with Gasteiger partial charge in [-0.3, -0.25) is 0 Å². The van der Waals surface area contributed by atoms with Crippen LogP contribution in [0.2, 0.25) is 0 Å². The normalized spacial score (nSPS) is 11.3. The molecule has 34 heavy (non-hydrogen) atoms. The number of para-hydroxylation sites is 1. The van der Waals surface area contributed by atoms with Crippen molar-refractivity contribution in [1.29, 1.82) is 0 Å². The van der Waals surface area contributed by atoms with Crippen molar-refractivity contribution in [3.8, 4) is 28.0 Å². The number of anilines is 1. The van der Waals surface area contributed by atoms with Gasteiger partial charge in [0.15, 0.2) is 5.65 Å². The number of benzene rings is 3. The van der Waals surface area contributed by atoms with Crippen LogP contribution in [0.4, 0.5) is 5.82 Å². The van der Waals surface area contributed by atoms with Crippen LogP contribution < -0.4 is 10.5 Å². The molecule has 0 aliphatic carbocycles. The molecular formula is C28H23N5O. The highest BCUT2D eigenvalue weighted by molar-refractivity contribution is 5.99. The van der Waals surface area contributed by atoms with Crippen LogP contribution in [0.5, 0.6) is 5.75 Å². The minimum Gasteiger partial charge on any atom is -0.489 e. The number of hydrogen-bond acceptors (Lipinski definition) is 4. The predicted molar refractivity (Wildman–Crippen MR) is 136 cm³/mol. The summed E-state index contributed by atoms with van der Waals surface area (Å²) in [7, 11) is 2.05. The number of fused-ring (bicyclic) bond motifs is 2. The zero-order valence-electron chi connectivity index (χ0n) is 18.7. The van der Waals surface area contributed by atoms with Gasteiger partial charge >= 0.3 is 0 Å². The quantitative estimate of drug-likeness (QED) is 0.369. The van der Waals surface area contributed by atoms with Gasteiger partial charge in [-0.1, -0.05) is 60.7 Å². The Labute approximate surface area is 196 Å². The Morgan fingerprint density at radius 3 is 2.56 bits per heavy atom. The fourth-order valence-corrected chi connectivity index (χ4v) is 4.41. The van der Waals surface area contributed by atoms with Gasteiger partial charge in [-0.25, -0.2) is 4.98 Å². The van der Waals surface area contributed by atoms with E-state index in [2.05, 4.69) is 28.0 Å². The molecule has 0 atom stereocenters. The fourth-order valence-electron chi connectivity index (χ4n) is 4.41. The first-order valence-electron chi connectivity index (χ1n) is 11.1. The van der Waals surface area contributed by atoms with E-state index in [9.17, 15) is 0 Å². The third kappa shape index (κ3) is 3.36. The first-order chi connectivity index (χ1) is 16.7. The number of aromatic nitrogens is 4. The van der Waals surface area contributed by atoms with Crippen molar-refractivity contribution in [1.82, 2.24) is 19.2 Å². The maximum absolute atomic E-state index is 6.59. The van der Waals surface area contributed by atoms with Crippen LogP contribution in [0.1, 0.15) is 5.56 Å². The van der Waals surface area contributed by atoms with Crippen molar-refractivity contribution >= 4 is 22.4 Å². The van der Waals surface area contributed by atoms with Gasteiger partial charge in [0, 0.05) is 47.0 Å². The van der Waals surface area contributed by atoms with E-state index in [1.54, 1.807) is 4.52 Å². The van der Waals surface area contributed by atoms with E-state index in [-0.39, 0.29) is 0 Å². The molecular weight excluding hydrogens is 422 g/mol. The van der Waals surface area contributed by atoms with Crippen LogP contribution in [0.15, 0.2) is 97.5 Å². The molecule has 6 rings (SSSR count). The van der Waals surface area contributed by atoms with Crippen LogP contribution in [0.25, 0.3) is 38.8 Å². The molecule has 0 saturated carbocycles. The smallest absolute Gasteiger partial charge is 0.165 e. The minimum absolute atomic E-state index is 0.505. The molecule has 0 amide bonds. The van der Waals surface area contributed by atoms with Gasteiger partial charge in [-0.15, -0.1) is 0 Å². The molecule has 0 unspecified atom stereocenters. The highest BCUT2D eigenvalue weighted by Gasteiger charge is 2.17. The molecule has 6 nitrogen and oxygen atoms in total. The summed E-state index contributed by atoms with van der Waals surface area (Å²) in [6.45, 7) is 0.505. The number of nitrogen functional groups attached to an aromatic ring is 1. The zero-order valence-corrected chi connectivity index (χ0v) is 18.7. The van der Waals surface area contributed by atoms with Gasteiger partial charge in [-0.2, -0.15) is 9.61 Å². The third-order valence-corrected chi connectivity index (χ3v) is 6.14. The molecule has 0 saturated heterocycles. The van der Waals surface area contributed by atoms with Crippen molar-refractivity contribution in [3.63, 3.8) is 0 Å². The Morgan fingerprint density at radius 1 is 0.853 bits per heavy atom. The number of ether oxygens (including phenoxy) is 1. The second kappa shape index (κ2) is 8.08. The molecule has 3 heterocycles. The highest BCUT2D eigenvalue weighted by atomic mass is 16.5. The van der Waals surface area contributed by atoms with Crippen LogP contribution in [-0.4, -0.2) is 19.2 Å². The summed E-state index contributed by atoms with van der Waals surface area (Å²) < 4.78 is 9.83. The van der Waals surface area contributed by atoms with Gasteiger partial charge in [0.05, 0.1) is 6.20 Å². The lowest BCUT2D eigenvalue weighted by atomic mass is 10.1. The molecule has 0 fully saturated rings. The Bertz CT molecular complexity index is 1630. The van der Waals surface area contributed by atoms with Crippen molar-refractivity contribution in [2.75, 3.05) is 5.73 Å². The molecule has 0 spiro atoms. The fraction of sp³-hybridized carbons (Fsp3) is 0.0714. The van der Waals surface area contributed by atoms with Crippen molar-refractivity contribution in [2.45, 2.75) is 6.61 Å².